The van der Waals surface area contributed by atoms with E-state index in [4.69, 9.17) is 0 Å². The van der Waals surface area contributed by atoms with Gasteiger partial charge in [0, 0.05) is 57.0 Å². The average Bonchev–Trinajstić information content (AvgIpc) is 2.79. The molecule has 29 heavy (non-hydrogen) atoms. The van der Waals surface area contributed by atoms with Crippen LogP contribution in [0, 0.1) is 10.1 Å². The fourth-order valence-electron chi connectivity index (χ4n) is 3.85. The van der Waals surface area contributed by atoms with Gasteiger partial charge in [0.05, 0.1) is 4.92 Å². The number of hydrogen-bond acceptors (Lipinski definition) is 7. The largest absolute Gasteiger partial charge is 0.355 e. The third-order valence-corrected chi connectivity index (χ3v) is 5.51. The molecule has 0 atom stereocenters. The first-order valence-corrected chi connectivity index (χ1v) is 9.99. The molecule has 1 aromatic heterocycles. The molecular weight excluding hydrogens is 372 g/mol. The highest BCUT2D eigenvalue weighted by Crippen LogP contribution is 2.21. The number of benzene rings is 1. The molecule has 9 nitrogen and oxygen atoms in total. The summed E-state index contributed by atoms with van der Waals surface area (Å²) in [6, 6.07) is 9.90. The van der Waals surface area contributed by atoms with Crippen molar-refractivity contribution in [2.75, 3.05) is 49.1 Å². The second kappa shape index (κ2) is 8.42. The molecule has 2 fully saturated rings. The topological polar surface area (TPSA) is 95.7 Å². The Morgan fingerprint density at radius 2 is 1.48 bits per heavy atom. The predicted molar refractivity (Wildman–Crippen MR) is 109 cm³/mol. The summed E-state index contributed by atoms with van der Waals surface area (Å²) < 4.78 is 0. The van der Waals surface area contributed by atoms with E-state index in [1.54, 1.807) is 17.0 Å². The van der Waals surface area contributed by atoms with E-state index in [-0.39, 0.29) is 11.6 Å². The molecule has 0 aliphatic carbocycles. The lowest BCUT2D eigenvalue weighted by Gasteiger charge is -2.35. The van der Waals surface area contributed by atoms with Crippen LogP contribution in [0.3, 0.4) is 0 Å². The quantitative estimate of drug-likeness (QED) is 0.578. The minimum atomic E-state index is -0.485. The fraction of sp³-hybridized carbons (Fsp3) is 0.450. The summed E-state index contributed by atoms with van der Waals surface area (Å²) in [6.07, 6.45) is 3.68. The molecular formula is C20H24N6O3. The zero-order chi connectivity index (χ0) is 20.2. The molecule has 2 aliphatic heterocycles. The van der Waals surface area contributed by atoms with E-state index in [9.17, 15) is 14.9 Å². The molecule has 0 unspecified atom stereocenters. The van der Waals surface area contributed by atoms with Crippen LogP contribution in [-0.2, 0) is 0 Å². The van der Waals surface area contributed by atoms with Gasteiger partial charge in [-0.3, -0.25) is 14.9 Å². The lowest BCUT2D eigenvalue weighted by atomic mass is 10.1. The Hall–Kier alpha value is -3.23. The normalized spacial score (nSPS) is 17.3. The Labute approximate surface area is 169 Å². The molecule has 0 bridgehead atoms. The Kier molecular flexibility index (Phi) is 5.55. The monoisotopic (exact) mass is 396 g/mol. The number of aromatic nitrogens is 2. The summed E-state index contributed by atoms with van der Waals surface area (Å²) in [6.45, 7) is 4.45. The molecule has 2 saturated heterocycles. The van der Waals surface area contributed by atoms with Crippen molar-refractivity contribution in [1.82, 2.24) is 15.1 Å². The van der Waals surface area contributed by atoms with Crippen molar-refractivity contribution in [3.05, 3.63) is 52.1 Å². The number of piperidine rings is 1. The summed E-state index contributed by atoms with van der Waals surface area (Å²) in [5, 5.41) is 19.7. The molecule has 0 radical (unpaired) electrons. The first kappa shape index (κ1) is 19.1. The molecule has 2 aliphatic rings. The van der Waals surface area contributed by atoms with Gasteiger partial charge >= 0.3 is 0 Å². The number of anilines is 2. The van der Waals surface area contributed by atoms with Crippen LogP contribution in [0.5, 0.6) is 0 Å². The van der Waals surface area contributed by atoms with Crippen molar-refractivity contribution in [3.8, 4) is 0 Å². The van der Waals surface area contributed by atoms with Crippen LogP contribution in [0.4, 0.5) is 17.3 Å². The van der Waals surface area contributed by atoms with E-state index >= 15 is 0 Å². The second-order valence-corrected chi connectivity index (χ2v) is 7.38. The van der Waals surface area contributed by atoms with Crippen LogP contribution in [-0.4, -0.2) is 65.2 Å². The van der Waals surface area contributed by atoms with E-state index in [0.717, 1.165) is 24.7 Å². The van der Waals surface area contributed by atoms with Gasteiger partial charge in [0.15, 0.2) is 11.6 Å². The van der Waals surface area contributed by atoms with Crippen molar-refractivity contribution in [2.45, 2.75) is 19.3 Å². The van der Waals surface area contributed by atoms with E-state index < -0.39 is 4.92 Å². The highest BCUT2D eigenvalue weighted by Gasteiger charge is 2.24. The number of carbonyl (C=O) groups excluding carboxylic acids is 1. The molecule has 9 heteroatoms. The molecule has 3 heterocycles. The Morgan fingerprint density at radius 1 is 0.862 bits per heavy atom. The highest BCUT2D eigenvalue weighted by molar-refractivity contribution is 5.95. The SMILES string of the molecule is O=C(c1cccc([N+](=O)[O-])c1)N1CCN(c2ccc(N3CCCCC3)nn2)CC1. The van der Waals surface area contributed by atoms with E-state index in [1.165, 1.54) is 31.4 Å². The maximum absolute atomic E-state index is 12.7. The second-order valence-electron chi connectivity index (χ2n) is 7.38. The van der Waals surface area contributed by atoms with Crippen LogP contribution in [0.1, 0.15) is 29.6 Å². The van der Waals surface area contributed by atoms with Gasteiger partial charge in [0.1, 0.15) is 0 Å². The third kappa shape index (κ3) is 4.28. The zero-order valence-electron chi connectivity index (χ0n) is 16.2. The Balaban J connectivity index is 1.36. The van der Waals surface area contributed by atoms with E-state index in [1.807, 2.05) is 12.1 Å². The fourth-order valence-corrected chi connectivity index (χ4v) is 3.85. The van der Waals surface area contributed by atoms with E-state index in [0.29, 0.717) is 31.7 Å². The Morgan fingerprint density at radius 3 is 2.07 bits per heavy atom. The number of non-ortho nitro benzene ring substituents is 1. The first-order chi connectivity index (χ1) is 14.1. The van der Waals surface area contributed by atoms with Crippen molar-refractivity contribution in [3.63, 3.8) is 0 Å². The first-order valence-electron chi connectivity index (χ1n) is 9.99. The molecule has 2 aromatic rings. The number of rotatable bonds is 4. The third-order valence-electron chi connectivity index (χ3n) is 5.51. The zero-order valence-corrected chi connectivity index (χ0v) is 16.2. The number of nitrogens with zero attached hydrogens (tertiary/aromatic N) is 6. The number of hydrogen-bond donors (Lipinski definition) is 0. The van der Waals surface area contributed by atoms with Crippen LogP contribution < -0.4 is 9.80 Å². The number of piperazine rings is 1. The van der Waals surface area contributed by atoms with Gasteiger partial charge in [-0.15, -0.1) is 10.2 Å². The number of nitro benzene ring substituents is 1. The van der Waals surface area contributed by atoms with Gasteiger partial charge in [-0.2, -0.15) is 0 Å². The van der Waals surface area contributed by atoms with Crippen molar-refractivity contribution >= 4 is 23.2 Å². The maximum Gasteiger partial charge on any atom is 0.270 e. The summed E-state index contributed by atoms with van der Waals surface area (Å²) in [7, 11) is 0. The van der Waals surface area contributed by atoms with Crippen LogP contribution in [0.2, 0.25) is 0 Å². The Bertz CT molecular complexity index is 874. The highest BCUT2D eigenvalue weighted by atomic mass is 16.6. The van der Waals surface area contributed by atoms with Gasteiger partial charge in [0.2, 0.25) is 0 Å². The lowest BCUT2D eigenvalue weighted by molar-refractivity contribution is -0.384. The summed E-state index contributed by atoms with van der Waals surface area (Å²) in [5.74, 6) is 1.56. The number of carbonyl (C=O) groups is 1. The van der Waals surface area contributed by atoms with Gasteiger partial charge in [-0.1, -0.05) is 6.07 Å². The summed E-state index contributed by atoms with van der Waals surface area (Å²) in [5.41, 5.74) is 0.275. The lowest BCUT2D eigenvalue weighted by Crippen LogP contribution is -2.49. The minimum Gasteiger partial charge on any atom is -0.355 e. The predicted octanol–water partition coefficient (Wildman–Crippen LogP) is 2.34. The molecule has 152 valence electrons. The average molecular weight is 396 g/mol. The molecule has 4 rings (SSSR count). The minimum absolute atomic E-state index is 0.0708. The maximum atomic E-state index is 12.7. The smallest absolute Gasteiger partial charge is 0.270 e. The van der Waals surface area contributed by atoms with Gasteiger partial charge in [-0.25, -0.2) is 0 Å². The molecule has 0 saturated carbocycles. The van der Waals surface area contributed by atoms with Crippen LogP contribution in [0.25, 0.3) is 0 Å². The van der Waals surface area contributed by atoms with E-state index in [2.05, 4.69) is 20.0 Å². The molecule has 1 amide bonds. The molecule has 0 spiro atoms. The molecule has 1 aromatic carbocycles. The van der Waals surface area contributed by atoms with Crippen molar-refractivity contribution in [2.24, 2.45) is 0 Å². The summed E-state index contributed by atoms with van der Waals surface area (Å²) in [4.78, 5) is 29.3. The van der Waals surface area contributed by atoms with Gasteiger partial charge < -0.3 is 14.7 Å². The number of amides is 1. The van der Waals surface area contributed by atoms with Gasteiger partial charge in [0.25, 0.3) is 11.6 Å². The van der Waals surface area contributed by atoms with Crippen LogP contribution >= 0.6 is 0 Å². The van der Waals surface area contributed by atoms with Gasteiger partial charge in [-0.05, 0) is 37.5 Å². The van der Waals surface area contributed by atoms with Crippen molar-refractivity contribution < 1.29 is 9.72 Å². The van der Waals surface area contributed by atoms with Crippen LogP contribution in [0.15, 0.2) is 36.4 Å². The summed E-state index contributed by atoms with van der Waals surface area (Å²) >= 11 is 0. The standard InChI is InChI=1S/C20H24N6O3/c27-20(16-5-4-6-17(15-16)26(28)29)25-13-11-24(12-14-25)19-8-7-18(21-22-19)23-9-2-1-3-10-23/h4-8,15H,1-3,9-14H2. The van der Waals surface area contributed by atoms with Crippen molar-refractivity contribution in [1.29, 1.82) is 0 Å². The molecule has 0 N–H and O–H groups in total. The number of nitro groups is 1.